The molecule has 1 aromatic heterocycles. The number of nitrogens with two attached hydrogens (primary N) is 1. The highest BCUT2D eigenvalue weighted by molar-refractivity contribution is 7.99. The Bertz CT molecular complexity index is 1620. The second kappa shape index (κ2) is 12.8. The highest BCUT2D eigenvalue weighted by Crippen LogP contribution is 2.43. The number of benzene rings is 3. The van der Waals surface area contributed by atoms with Gasteiger partial charge in [-0.15, -0.1) is 27.5 Å². The number of nitrogens with zero attached hydrogens (tertiary/aromatic N) is 2. The SMILES string of the molecule is COc1cc(CSc2cc(Cl)c(-c3nc(-c4ccccc4)cs3)cc2S(=O)(=O)/N=C(\N)NO)cc(OC)c1OC. The summed E-state index contributed by atoms with van der Waals surface area (Å²) < 4.78 is 46.3. The van der Waals surface area contributed by atoms with Gasteiger partial charge in [0.2, 0.25) is 11.7 Å². The standard InChI is InChI=1S/C26H25ClN4O6S3/c1-35-20-9-15(10-21(36-2)24(20)37-3)13-38-22-12-18(27)17(11-23(22)40(33,34)31-26(28)30-32)25-29-19(14-39-25)16-7-5-4-6-8-16/h4-12,14,32H,13H2,1-3H3,(H3,28,30,31). The summed E-state index contributed by atoms with van der Waals surface area (Å²) in [6.07, 6.45) is 0. The lowest BCUT2D eigenvalue weighted by Gasteiger charge is -2.15. The Morgan fingerprint density at radius 3 is 2.38 bits per heavy atom. The number of hydroxylamine groups is 1. The van der Waals surface area contributed by atoms with Crippen LogP contribution < -0.4 is 25.4 Å². The van der Waals surface area contributed by atoms with Gasteiger partial charge in [-0.05, 0) is 29.8 Å². The van der Waals surface area contributed by atoms with Crippen molar-refractivity contribution in [2.24, 2.45) is 10.1 Å². The molecule has 0 bridgehead atoms. The first-order valence-electron chi connectivity index (χ1n) is 11.5. The van der Waals surface area contributed by atoms with Crippen LogP contribution in [-0.4, -0.2) is 45.9 Å². The Hall–Kier alpha value is -3.49. The Kier molecular flexibility index (Phi) is 9.43. The van der Waals surface area contributed by atoms with Crippen molar-refractivity contribution in [3.05, 3.63) is 70.6 Å². The van der Waals surface area contributed by atoms with Gasteiger partial charge in [0, 0.05) is 27.2 Å². The number of thioether (sulfide) groups is 1. The van der Waals surface area contributed by atoms with E-state index >= 15 is 0 Å². The van der Waals surface area contributed by atoms with Gasteiger partial charge in [-0.2, -0.15) is 8.42 Å². The first-order valence-corrected chi connectivity index (χ1v) is 15.2. The predicted molar refractivity (Wildman–Crippen MR) is 157 cm³/mol. The summed E-state index contributed by atoms with van der Waals surface area (Å²) >= 11 is 9.22. The maximum absolute atomic E-state index is 13.3. The van der Waals surface area contributed by atoms with Gasteiger partial charge in [-0.1, -0.05) is 41.9 Å². The molecule has 0 aliphatic rings. The van der Waals surface area contributed by atoms with E-state index in [0.29, 0.717) is 43.5 Å². The molecule has 0 saturated carbocycles. The lowest BCUT2D eigenvalue weighted by Crippen LogP contribution is -2.29. The number of halogens is 1. The number of rotatable bonds is 10. The third-order valence-electron chi connectivity index (χ3n) is 5.57. The zero-order chi connectivity index (χ0) is 28.9. The zero-order valence-electron chi connectivity index (χ0n) is 21.5. The minimum atomic E-state index is -4.37. The fraction of sp³-hybridized carbons (Fsp3) is 0.154. The lowest BCUT2D eigenvalue weighted by atomic mass is 10.2. The number of nitrogens with one attached hydrogen (secondary N) is 1. The summed E-state index contributed by atoms with van der Waals surface area (Å²) in [5, 5.41) is 11.8. The van der Waals surface area contributed by atoms with Gasteiger partial charge >= 0.3 is 0 Å². The largest absolute Gasteiger partial charge is 0.493 e. The number of aromatic nitrogens is 1. The van der Waals surface area contributed by atoms with Crippen molar-refractivity contribution in [3.8, 4) is 39.1 Å². The van der Waals surface area contributed by atoms with Crippen LogP contribution in [0.3, 0.4) is 0 Å². The Morgan fingerprint density at radius 2 is 1.77 bits per heavy atom. The summed E-state index contributed by atoms with van der Waals surface area (Å²) in [6.45, 7) is 0. The number of methoxy groups -OCH3 is 3. The molecule has 3 aromatic carbocycles. The number of guanidine groups is 1. The van der Waals surface area contributed by atoms with Gasteiger partial charge < -0.3 is 19.9 Å². The van der Waals surface area contributed by atoms with Crippen molar-refractivity contribution < 1.29 is 27.8 Å². The monoisotopic (exact) mass is 620 g/mol. The molecule has 0 aliphatic carbocycles. The van der Waals surface area contributed by atoms with E-state index in [9.17, 15) is 8.42 Å². The lowest BCUT2D eigenvalue weighted by molar-refractivity contribution is 0.233. The maximum Gasteiger partial charge on any atom is 0.286 e. The van der Waals surface area contributed by atoms with Crippen LogP contribution in [0.15, 0.2) is 74.2 Å². The van der Waals surface area contributed by atoms with Crippen LogP contribution in [0.1, 0.15) is 5.56 Å². The molecule has 0 amide bonds. The number of hydrogen-bond donors (Lipinski definition) is 3. The maximum atomic E-state index is 13.3. The van der Waals surface area contributed by atoms with E-state index in [1.54, 1.807) is 23.7 Å². The van der Waals surface area contributed by atoms with Gasteiger partial charge in [0.25, 0.3) is 10.0 Å². The quantitative estimate of drug-likeness (QED) is 0.0908. The molecule has 0 atom stereocenters. The van der Waals surface area contributed by atoms with Gasteiger partial charge in [-0.25, -0.2) is 10.5 Å². The third kappa shape index (κ3) is 6.45. The van der Waals surface area contributed by atoms with Crippen LogP contribution in [0.2, 0.25) is 5.02 Å². The average molecular weight is 621 g/mol. The highest BCUT2D eigenvalue weighted by Gasteiger charge is 2.24. The first-order chi connectivity index (χ1) is 19.2. The van der Waals surface area contributed by atoms with E-state index in [2.05, 4.69) is 9.38 Å². The molecule has 0 aliphatic heterocycles. The topological polar surface area (TPSA) is 145 Å². The summed E-state index contributed by atoms with van der Waals surface area (Å²) in [4.78, 5) is 4.83. The van der Waals surface area contributed by atoms with Crippen molar-refractivity contribution in [1.29, 1.82) is 0 Å². The van der Waals surface area contributed by atoms with Crippen LogP contribution in [-0.2, 0) is 15.8 Å². The molecule has 0 spiro atoms. The Morgan fingerprint density at radius 1 is 1.10 bits per heavy atom. The molecule has 0 saturated heterocycles. The van der Waals surface area contributed by atoms with E-state index in [0.717, 1.165) is 16.8 Å². The highest BCUT2D eigenvalue weighted by atomic mass is 35.5. The number of sulfonamides is 1. The summed E-state index contributed by atoms with van der Waals surface area (Å²) in [5.74, 6) is 1.000. The summed E-state index contributed by atoms with van der Waals surface area (Å²) in [6, 6.07) is 16.1. The van der Waals surface area contributed by atoms with Crippen LogP contribution in [0.25, 0.3) is 21.8 Å². The molecule has 4 N–H and O–H groups in total. The molecule has 1 heterocycles. The van der Waals surface area contributed by atoms with Crippen LogP contribution in [0, 0.1) is 0 Å². The minimum Gasteiger partial charge on any atom is -0.493 e. The molecule has 4 rings (SSSR count). The van der Waals surface area contributed by atoms with Crippen molar-refractivity contribution in [1.82, 2.24) is 10.5 Å². The molecule has 0 fully saturated rings. The fourth-order valence-corrected chi connectivity index (χ4v) is 7.33. The third-order valence-corrected chi connectivity index (χ3v) is 9.34. The molecule has 210 valence electrons. The van der Waals surface area contributed by atoms with E-state index in [4.69, 9.17) is 36.8 Å². The van der Waals surface area contributed by atoms with Crippen molar-refractivity contribution in [3.63, 3.8) is 0 Å². The van der Waals surface area contributed by atoms with Gasteiger partial charge in [0.1, 0.15) is 9.90 Å². The van der Waals surface area contributed by atoms with E-state index in [-0.39, 0.29) is 4.90 Å². The van der Waals surface area contributed by atoms with Crippen LogP contribution >= 0.6 is 34.7 Å². The van der Waals surface area contributed by atoms with E-state index in [1.165, 1.54) is 50.5 Å². The van der Waals surface area contributed by atoms with Crippen molar-refractivity contribution >= 4 is 50.7 Å². The molecular formula is C26H25ClN4O6S3. The number of hydrogen-bond acceptors (Lipinski definition) is 9. The van der Waals surface area contributed by atoms with Crippen LogP contribution in [0.4, 0.5) is 0 Å². The van der Waals surface area contributed by atoms with Gasteiger partial charge in [-0.3, -0.25) is 5.21 Å². The molecule has 40 heavy (non-hydrogen) atoms. The Labute approximate surface area is 244 Å². The molecule has 0 unspecified atom stereocenters. The normalized spacial score (nSPS) is 11.8. The fourth-order valence-electron chi connectivity index (χ4n) is 3.73. The number of ether oxygens (including phenoxy) is 3. The molecule has 10 nitrogen and oxygen atoms in total. The zero-order valence-corrected chi connectivity index (χ0v) is 24.7. The van der Waals surface area contributed by atoms with Gasteiger partial charge in [0.15, 0.2) is 11.5 Å². The smallest absolute Gasteiger partial charge is 0.286 e. The molecule has 0 radical (unpaired) electrons. The Balaban J connectivity index is 1.77. The van der Waals surface area contributed by atoms with Crippen LogP contribution in [0.5, 0.6) is 17.2 Å². The minimum absolute atomic E-state index is 0.154. The van der Waals surface area contributed by atoms with Crippen molar-refractivity contribution in [2.75, 3.05) is 21.3 Å². The molecule has 14 heteroatoms. The molecular weight excluding hydrogens is 596 g/mol. The summed E-state index contributed by atoms with van der Waals surface area (Å²) in [5.41, 5.74) is 9.86. The van der Waals surface area contributed by atoms with E-state index < -0.39 is 16.0 Å². The molecule has 4 aromatic rings. The van der Waals surface area contributed by atoms with Gasteiger partial charge in [0.05, 0.1) is 32.0 Å². The van der Waals surface area contributed by atoms with Crippen molar-refractivity contribution in [2.45, 2.75) is 15.5 Å². The number of thiazole rings is 1. The first kappa shape index (κ1) is 29.5. The second-order valence-corrected chi connectivity index (χ2v) is 11.9. The average Bonchev–Trinajstić information content (AvgIpc) is 3.45. The predicted octanol–water partition coefficient (Wildman–Crippen LogP) is 5.43. The van der Waals surface area contributed by atoms with E-state index in [1.807, 2.05) is 35.7 Å². The summed E-state index contributed by atoms with van der Waals surface area (Å²) in [7, 11) is 0.162. The second-order valence-electron chi connectivity index (χ2n) is 8.07.